The molecule has 100 valence electrons. The molecular formula is C12H16F2N2O2. The third-order valence-corrected chi connectivity index (χ3v) is 2.30. The molecule has 1 aromatic rings. The molecule has 0 aliphatic carbocycles. The summed E-state index contributed by atoms with van der Waals surface area (Å²) in [6.45, 7) is -0.487. The summed E-state index contributed by atoms with van der Waals surface area (Å²) in [5, 5.41) is 5.59. The highest BCUT2D eigenvalue weighted by Crippen LogP contribution is 2.18. The first-order valence-corrected chi connectivity index (χ1v) is 5.53. The second-order valence-corrected chi connectivity index (χ2v) is 3.85. The van der Waals surface area contributed by atoms with Crippen molar-refractivity contribution in [2.75, 3.05) is 18.9 Å². The smallest absolute Gasteiger partial charge is 0.387 e. The van der Waals surface area contributed by atoms with Crippen LogP contribution in [0, 0.1) is 5.92 Å². The zero-order valence-corrected chi connectivity index (χ0v) is 10.2. The molecule has 1 atom stereocenters. The van der Waals surface area contributed by atoms with E-state index in [4.69, 9.17) is 0 Å². The summed E-state index contributed by atoms with van der Waals surface area (Å²) >= 11 is 0. The van der Waals surface area contributed by atoms with Crippen molar-refractivity contribution in [2.24, 2.45) is 5.92 Å². The van der Waals surface area contributed by atoms with Crippen LogP contribution in [0.3, 0.4) is 0 Å². The van der Waals surface area contributed by atoms with Crippen molar-refractivity contribution < 1.29 is 18.3 Å². The first kappa shape index (κ1) is 14.4. The molecule has 4 nitrogen and oxygen atoms in total. The first-order chi connectivity index (χ1) is 8.52. The molecule has 0 aromatic heterocycles. The highest BCUT2D eigenvalue weighted by atomic mass is 19.3. The number of alkyl halides is 2. The number of hydrogen-bond donors (Lipinski definition) is 2. The van der Waals surface area contributed by atoms with Crippen LogP contribution in [-0.4, -0.2) is 26.1 Å². The van der Waals surface area contributed by atoms with Crippen LogP contribution in [0.2, 0.25) is 0 Å². The fourth-order valence-electron chi connectivity index (χ4n) is 1.38. The second kappa shape index (κ2) is 6.90. The summed E-state index contributed by atoms with van der Waals surface area (Å²) in [5.74, 6) is -0.245. The molecule has 1 amide bonds. The van der Waals surface area contributed by atoms with Crippen LogP contribution in [0.15, 0.2) is 24.3 Å². The number of ether oxygens (including phenoxy) is 1. The van der Waals surface area contributed by atoms with Gasteiger partial charge in [-0.25, -0.2) is 0 Å². The molecule has 0 aliphatic rings. The normalized spacial score (nSPS) is 12.3. The Labute approximate surface area is 104 Å². The Hall–Kier alpha value is -1.69. The summed E-state index contributed by atoms with van der Waals surface area (Å²) in [7, 11) is 1.76. The maximum absolute atomic E-state index is 11.9. The number of anilines is 1. The van der Waals surface area contributed by atoms with E-state index in [0.29, 0.717) is 12.2 Å². The summed E-state index contributed by atoms with van der Waals surface area (Å²) in [5.41, 5.74) is 0.546. The number of nitrogens with one attached hydrogen (secondary N) is 2. The van der Waals surface area contributed by atoms with Gasteiger partial charge in [0.1, 0.15) is 5.75 Å². The fraction of sp³-hybridized carbons (Fsp3) is 0.417. The molecule has 2 N–H and O–H groups in total. The Morgan fingerprint density at radius 1 is 1.33 bits per heavy atom. The van der Waals surface area contributed by atoms with Gasteiger partial charge in [-0.3, -0.25) is 4.79 Å². The van der Waals surface area contributed by atoms with Gasteiger partial charge >= 0.3 is 6.61 Å². The van der Waals surface area contributed by atoms with Crippen LogP contribution in [-0.2, 0) is 4.79 Å². The number of benzene rings is 1. The quantitative estimate of drug-likeness (QED) is 0.821. The molecule has 0 fully saturated rings. The van der Waals surface area contributed by atoms with E-state index < -0.39 is 6.61 Å². The molecule has 0 heterocycles. The molecule has 0 saturated heterocycles. The van der Waals surface area contributed by atoms with Gasteiger partial charge in [-0.15, -0.1) is 0 Å². The van der Waals surface area contributed by atoms with Crippen LogP contribution in [0.1, 0.15) is 6.92 Å². The number of halogens is 2. The van der Waals surface area contributed by atoms with Gasteiger partial charge in [-0.2, -0.15) is 8.78 Å². The van der Waals surface area contributed by atoms with Gasteiger partial charge in [0.2, 0.25) is 5.91 Å². The first-order valence-electron chi connectivity index (χ1n) is 5.53. The monoisotopic (exact) mass is 258 g/mol. The molecule has 0 spiro atoms. The van der Waals surface area contributed by atoms with Gasteiger partial charge in [0.05, 0.1) is 0 Å². The van der Waals surface area contributed by atoms with Crippen molar-refractivity contribution in [3.8, 4) is 5.75 Å². The third kappa shape index (κ3) is 4.67. The zero-order valence-electron chi connectivity index (χ0n) is 10.2. The molecule has 1 unspecified atom stereocenters. The molecular weight excluding hydrogens is 242 g/mol. The summed E-state index contributed by atoms with van der Waals surface area (Å²) in [4.78, 5) is 11.7. The third-order valence-electron chi connectivity index (χ3n) is 2.30. The van der Waals surface area contributed by atoms with Crippen molar-refractivity contribution in [2.45, 2.75) is 13.5 Å². The van der Waals surface area contributed by atoms with Gasteiger partial charge in [-0.05, 0) is 31.3 Å². The van der Waals surface area contributed by atoms with Gasteiger partial charge in [0.25, 0.3) is 0 Å². The number of carbonyl (C=O) groups excluding carboxylic acids is 1. The lowest BCUT2D eigenvalue weighted by molar-refractivity contribution is -0.119. The Morgan fingerprint density at radius 3 is 2.44 bits per heavy atom. The maximum Gasteiger partial charge on any atom is 0.387 e. The topological polar surface area (TPSA) is 50.4 Å². The standard InChI is InChI=1S/C12H16F2N2O2/c1-8(7-15-2)11(17)16-9-3-5-10(6-4-9)18-12(13)14/h3-6,8,12,15H,7H2,1-2H3,(H,16,17). The number of carbonyl (C=O) groups is 1. The largest absolute Gasteiger partial charge is 0.435 e. The van der Waals surface area contributed by atoms with E-state index in [-0.39, 0.29) is 17.6 Å². The van der Waals surface area contributed by atoms with E-state index in [9.17, 15) is 13.6 Å². The van der Waals surface area contributed by atoms with Crippen LogP contribution in [0.25, 0.3) is 0 Å². The summed E-state index contributed by atoms with van der Waals surface area (Å²) in [6.07, 6.45) is 0. The lowest BCUT2D eigenvalue weighted by Gasteiger charge is -2.12. The fourth-order valence-corrected chi connectivity index (χ4v) is 1.38. The average molecular weight is 258 g/mol. The van der Waals surface area contributed by atoms with Crippen molar-refractivity contribution in [3.05, 3.63) is 24.3 Å². The molecule has 18 heavy (non-hydrogen) atoms. The van der Waals surface area contributed by atoms with Gasteiger partial charge in [0, 0.05) is 18.2 Å². The van der Waals surface area contributed by atoms with E-state index in [0.717, 1.165) is 0 Å². The molecule has 0 bridgehead atoms. The molecule has 0 aliphatic heterocycles. The predicted molar refractivity (Wildman–Crippen MR) is 64.8 cm³/mol. The number of amides is 1. The number of hydrogen-bond acceptors (Lipinski definition) is 3. The predicted octanol–water partition coefficient (Wildman–Crippen LogP) is 2.08. The van der Waals surface area contributed by atoms with E-state index in [1.807, 2.05) is 0 Å². The molecule has 0 saturated carbocycles. The Bertz CT molecular complexity index is 382. The van der Waals surface area contributed by atoms with Crippen LogP contribution < -0.4 is 15.4 Å². The lowest BCUT2D eigenvalue weighted by Crippen LogP contribution is -2.28. The van der Waals surface area contributed by atoms with Crippen molar-refractivity contribution >= 4 is 11.6 Å². The molecule has 6 heteroatoms. The minimum Gasteiger partial charge on any atom is -0.435 e. The van der Waals surface area contributed by atoms with Crippen molar-refractivity contribution in [3.63, 3.8) is 0 Å². The van der Waals surface area contributed by atoms with Gasteiger partial charge in [-0.1, -0.05) is 6.92 Å². The number of rotatable bonds is 6. The van der Waals surface area contributed by atoms with E-state index in [2.05, 4.69) is 15.4 Å². The highest BCUT2D eigenvalue weighted by molar-refractivity contribution is 5.92. The SMILES string of the molecule is CNCC(C)C(=O)Nc1ccc(OC(F)F)cc1. The summed E-state index contributed by atoms with van der Waals surface area (Å²) < 4.78 is 28.0. The van der Waals surface area contributed by atoms with Gasteiger partial charge < -0.3 is 15.4 Å². The summed E-state index contributed by atoms with van der Waals surface area (Å²) in [6, 6.07) is 5.79. The van der Waals surface area contributed by atoms with Crippen molar-refractivity contribution in [1.29, 1.82) is 0 Å². The Balaban J connectivity index is 2.55. The molecule has 1 rings (SSSR count). The zero-order chi connectivity index (χ0) is 13.5. The minimum absolute atomic E-state index is 0.0614. The van der Waals surface area contributed by atoms with E-state index in [1.54, 1.807) is 14.0 Å². The Morgan fingerprint density at radius 2 is 1.94 bits per heavy atom. The van der Waals surface area contributed by atoms with Crippen molar-refractivity contribution in [1.82, 2.24) is 5.32 Å². The second-order valence-electron chi connectivity index (χ2n) is 3.85. The maximum atomic E-state index is 11.9. The molecule has 1 aromatic carbocycles. The van der Waals surface area contributed by atoms with Crippen LogP contribution in [0.5, 0.6) is 5.75 Å². The van der Waals surface area contributed by atoms with Crippen LogP contribution in [0.4, 0.5) is 14.5 Å². The minimum atomic E-state index is -2.85. The molecule has 0 radical (unpaired) electrons. The van der Waals surface area contributed by atoms with Gasteiger partial charge in [0.15, 0.2) is 0 Å². The Kier molecular flexibility index (Phi) is 5.51. The highest BCUT2D eigenvalue weighted by Gasteiger charge is 2.12. The average Bonchev–Trinajstić information content (AvgIpc) is 2.31. The lowest BCUT2D eigenvalue weighted by atomic mass is 10.1. The van der Waals surface area contributed by atoms with E-state index in [1.165, 1.54) is 24.3 Å². The van der Waals surface area contributed by atoms with E-state index >= 15 is 0 Å². The van der Waals surface area contributed by atoms with Crippen LogP contribution >= 0.6 is 0 Å².